The molecule has 0 aromatic rings. The molecule has 18 heavy (non-hydrogen) atoms. The summed E-state index contributed by atoms with van der Waals surface area (Å²) in [5, 5.41) is 11.4. The van der Waals surface area contributed by atoms with Crippen LogP contribution in [0.3, 0.4) is 0 Å². The van der Waals surface area contributed by atoms with Crippen LogP contribution >= 0.6 is 0 Å². The molecule has 2 rings (SSSR count). The molecule has 3 N–H and O–H groups in total. The molecule has 0 radical (unpaired) electrons. The van der Waals surface area contributed by atoms with Crippen molar-refractivity contribution < 1.29 is 5.11 Å². The molecule has 106 valence electrons. The highest BCUT2D eigenvalue weighted by molar-refractivity contribution is 5.06. The van der Waals surface area contributed by atoms with Crippen LogP contribution in [0.5, 0.6) is 0 Å². The maximum Gasteiger partial charge on any atom is 0.0743 e. The fourth-order valence-corrected chi connectivity index (χ4v) is 4.70. The SMILES string of the molecule is CCC1CCCC1(O)C1(CN)CCCCCCC1. The molecule has 0 aromatic heterocycles. The van der Waals surface area contributed by atoms with E-state index in [1.54, 1.807) is 0 Å². The second-order valence-corrected chi connectivity index (χ2v) is 6.67. The molecule has 0 amide bonds. The third kappa shape index (κ3) is 2.34. The highest BCUT2D eigenvalue weighted by Gasteiger charge is 2.54. The lowest BCUT2D eigenvalue weighted by molar-refractivity contribution is -0.121. The monoisotopic (exact) mass is 253 g/mol. The highest BCUT2D eigenvalue weighted by atomic mass is 16.3. The van der Waals surface area contributed by atoms with Crippen LogP contribution in [0.4, 0.5) is 0 Å². The lowest BCUT2D eigenvalue weighted by atomic mass is 9.60. The first-order valence-corrected chi connectivity index (χ1v) is 8.11. The van der Waals surface area contributed by atoms with Crippen molar-refractivity contribution in [3.63, 3.8) is 0 Å². The van der Waals surface area contributed by atoms with Crippen LogP contribution in [0.1, 0.15) is 77.6 Å². The van der Waals surface area contributed by atoms with E-state index in [4.69, 9.17) is 5.73 Å². The van der Waals surface area contributed by atoms with Crippen molar-refractivity contribution in [2.24, 2.45) is 17.1 Å². The minimum Gasteiger partial charge on any atom is -0.389 e. The van der Waals surface area contributed by atoms with Gasteiger partial charge in [0.2, 0.25) is 0 Å². The summed E-state index contributed by atoms with van der Waals surface area (Å²) >= 11 is 0. The van der Waals surface area contributed by atoms with Gasteiger partial charge in [-0.25, -0.2) is 0 Å². The van der Waals surface area contributed by atoms with E-state index < -0.39 is 5.60 Å². The molecule has 2 aliphatic carbocycles. The van der Waals surface area contributed by atoms with Crippen molar-refractivity contribution in [2.45, 2.75) is 83.2 Å². The van der Waals surface area contributed by atoms with Gasteiger partial charge in [0.25, 0.3) is 0 Å². The minimum atomic E-state index is -0.464. The predicted octanol–water partition coefficient (Wildman–Crippen LogP) is 3.62. The van der Waals surface area contributed by atoms with Crippen molar-refractivity contribution in [1.82, 2.24) is 0 Å². The Morgan fingerprint density at radius 1 is 1.00 bits per heavy atom. The van der Waals surface area contributed by atoms with Crippen molar-refractivity contribution in [3.8, 4) is 0 Å². The molecular formula is C16H31NO. The van der Waals surface area contributed by atoms with E-state index >= 15 is 0 Å². The Morgan fingerprint density at radius 3 is 2.17 bits per heavy atom. The molecule has 2 heteroatoms. The predicted molar refractivity (Wildman–Crippen MR) is 76.4 cm³/mol. The van der Waals surface area contributed by atoms with Gasteiger partial charge in [-0.1, -0.05) is 51.9 Å². The van der Waals surface area contributed by atoms with Crippen LogP contribution in [0.2, 0.25) is 0 Å². The first-order chi connectivity index (χ1) is 8.68. The van der Waals surface area contributed by atoms with Gasteiger partial charge in [-0.15, -0.1) is 0 Å². The van der Waals surface area contributed by atoms with Crippen molar-refractivity contribution in [3.05, 3.63) is 0 Å². The Labute approximate surface area is 112 Å². The fraction of sp³-hybridized carbons (Fsp3) is 1.00. The van der Waals surface area contributed by atoms with E-state index in [0.29, 0.717) is 12.5 Å². The third-order valence-electron chi connectivity index (χ3n) is 5.90. The molecule has 2 nitrogen and oxygen atoms in total. The minimum absolute atomic E-state index is 0.0184. The molecule has 2 unspecified atom stereocenters. The van der Waals surface area contributed by atoms with Crippen LogP contribution in [0, 0.1) is 11.3 Å². The van der Waals surface area contributed by atoms with Gasteiger partial charge in [0.15, 0.2) is 0 Å². The van der Waals surface area contributed by atoms with Gasteiger partial charge in [0.05, 0.1) is 5.60 Å². The molecule has 2 saturated carbocycles. The topological polar surface area (TPSA) is 46.2 Å². The summed E-state index contributed by atoms with van der Waals surface area (Å²) in [6, 6.07) is 0. The van der Waals surface area contributed by atoms with E-state index in [1.165, 1.54) is 44.9 Å². The van der Waals surface area contributed by atoms with Crippen LogP contribution in [0.25, 0.3) is 0 Å². The standard InChI is InChI=1S/C16H31NO/c1-2-14-9-8-12-16(14,18)15(13-17)10-6-4-3-5-7-11-15/h14,18H,2-13,17H2,1H3. The molecule has 0 aromatic carbocycles. The molecule has 0 bridgehead atoms. The van der Waals surface area contributed by atoms with Crippen LogP contribution < -0.4 is 5.73 Å². The summed E-state index contributed by atoms with van der Waals surface area (Å²) < 4.78 is 0. The number of rotatable bonds is 3. The van der Waals surface area contributed by atoms with Gasteiger partial charge in [0, 0.05) is 12.0 Å². The van der Waals surface area contributed by atoms with Gasteiger partial charge >= 0.3 is 0 Å². The summed E-state index contributed by atoms with van der Waals surface area (Å²) in [6.45, 7) is 2.91. The van der Waals surface area contributed by atoms with Crippen LogP contribution in [-0.2, 0) is 0 Å². The smallest absolute Gasteiger partial charge is 0.0743 e. The van der Waals surface area contributed by atoms with Gasteiger partial charge < -0.3 is 10.8 Å². The Balaban J connectivity index is 2.22. The number of hydrogen-bond acceptors (Lipinski definition) is 2. The average molecular weight is 253 g/mol. The van der Waals surface area contributed by atoms with Crippen molar-refractivity contribution in [2.75, 3.05) is 6.54 Å². The zero-order valence-corrected chi connectivity index (χ0v) is 12.1. The van der Waals surface area contributed by atoms with Gasteiger partial charge in [-0.05, 0) is 31.6 Å². The second kappa shape index (κ2) is 5.92. The van der Waals surface area contributed by atoms with E-state index in [9.17, 15) is 5.11 Å². The summed E-state index contributed by atoms with van der Waals surface area (Å²) in [7, 11) is 0. The second-order valence-electron chi connectivity index (χ2n) is 6.67. The van der Waals surface area contributed by atoms with Gasteiger partial charge in [-0.2, -0.15) is 0 Å². The first kappa shape index (κ1) is 14.3. The average Bonchev–Trinajstić information content (AvgIpc) is 2.72. The fourth-order valence-electron chi connectivity index (χ4n) is 4.70. The van der Waals surface area contributed by atoms with Gasteiger partial charge in [-0.3, -0.25) is 0 Å². The van der Waals surface area contributed by atoms with Crippen LogP contribution in [0.15, 0.2) is 0 Å². The number of nitrogens with two attached hydrogens (primary N) is 1. The Morgan fingerprint density at radius 2 is 1.61 bits per heavy atom. The van der Waals surface area contributed by atoms with Crippen LogP contribution in [-0.4, -0.2) is 17.3 Å². The molecule has 0 heterocycles. The number of hydrogen-bond donors (Lipinski definition) is 2. The van der Waals surface area contributed by atoms with E-state index in [1.807, 2.05) is 0 Å². The Kier molecular flexibility index (Phi) is 4.71. The summed E-state index contributed by atoms with van der Waals surface area (Å²) in [6.07, 6.45) is 13.3. The molecule has 2 atom stereocenters. The van der Waals surface area contributed by atoms with E-state index in [2.05, 4.69) is 6.92 Å². The molecule has 0 aliphatic heterocycles. The lowest BCUT2D eigenvalue weighted by Crippen LogP contribution is -2.55. The zero-order chi connectivity index (χ0) is 13.1. The highest BCUT2D eigenvalue weighted by Crippen LogP contribution is 2.53. The third-order valence-corrected chi connectivity index (χ3v) is 5.90. The summed E-state index contributed by atoms with van der Waals surface area (Å²) in [4.78, 5) is 0. The maximum atomic E-state index is 11.4. The zero-order valence-electron chi connectivity index (χ0n) is 12.1. The lowest BCUT2D eigenvalue weighted by Gasteiger charge is -2.49. The van der Waals surface area contributed by atoms with Crippen molar-refractivity contribution in [1.29, 1.82) is 0 Å². The van der Waals surface area contributed by atoms with E-state index in [-0.39, 0.29) is 5.41 Å². The molecule has 2 fully saturated rings. The Hall–Kier alpha value is -0.0800. The van der Waals surface area contributed by atoms with E-state index in [0.717, 1.165) is 25.7 Å². The first-order valence-electron chi connectivity index (χ1n) is 8.11. The summed E-state index contributed by atoms with van der Waals surface area (Å²) in [5.41, 5.74) is 5.73. The van der Waals surface area contributed by atoms with Crippen molar-refractivity contribution >= 4 is 0 Å². The number of aliphatic hydroxyl groups is 1. The normalized spacial score (nSPS) is 37.2. The molecule has 0 saturated heterocycles. The quantitative estimate of drug-likeness (QED) is 0.807. The molecule has 2 aliphatic rings. The Bertz CT molecular complexity index is 258. The largest absolute Gasteiger partial charge is 0.389 e. The summed E-state index contributed by atoms with van der Waals surface area (Å²) in [5.74, 6) is 0.487. The molecule has 0 spiro atoms. The molecular weight excluding hydrogens is 222 g/mol. The maximum absolute atomic E-state index is 11.4. The van der Waals surface area contributed by atoms with Gasteiger partial charge in [0.1, 0.15) is 0 Å².